The Labute approximate surface area is 143 Å². The summed E-state index contributed by atoms with van der Waals surface area (Å²) in [4.78, 5) is 6.92. The van der Waals surface area contributed by atoms with E-state index in [0.717, 1.165) is 17.9 Å². The quantitative estimate of drug-likeness (QED) is 0.712. The molecule has 4 rings (SSSR count). The van der Waals surface area contributed by atoms with Gasteiger partial charge in [-0.2, -0.15) is 4.98 Å². The second-order valence-electron chi connectivity index (χ2n) is 5.58. The van der Waals surface area contributed by atoms with Gasteiger partial charge in [-0.25, -0.2) is 8.42 Å². The largest absolute Gasteiger partial charge is 0.376 e. The minimum Gasteiger partial charge on any atom is -0.376 e. The number of benzene rings is 1. The van der Waals surface area contributed by atoms with E-state index in [-0.39, 0.29) is 4.90 Å². The predicted octanol–water partition coefficient (Wildman–Crippen LogP) is 2.94. The zero-order valence-corrected chi connectivity index (χ0v) is 14.5. The van der Waals surface area contributed by atoms with Crippen molar-refractivity contribution in [1.82, 2.24) is 10.1 Å². The van der Waals surface area contributed by atoms with Gasteiger partial charge in [0.05, 0.1) is 23.0 Å². The van der Waals surface area contributed by atoms with E-state index in [1.54, 1.807) is 35.6 Å². The average Bonchev–Trinajstić information content (AvgIpc) is 3.21. The highest BCUT2D eigenvalue weighted by Gasteiger charge is 2.19. The standard InChI is InChI=1S/C16H14N2O4S2/c1-24(19,20)12-4-2-10(3-5-12)15-17-16(22-18-15)14-8-11-9-21-7-6-13(11)23-14/h2-5,8H,6-7,9H2,1H3. The maximum Gasteiger partial charge on any atom is 0.268 e. The molecule has 24 heavy (non-hydrogen) atoms. The van der Waals surface area contributed by atoms with E-state index in [1.165, 1.54) is 16.7 Å². The minimum atomic E-state index is -3.22. The lowest BCUT2D eigenvalue weighted by atomic mass is 10.2. The molecule has 0 spiro atoms. The molecule has 0 amide bonds. The Morgan fingerprint density at radius 3 is 2.71 bits per heavy atom. The highest BCUT2D eigenvalue weighted by atomic mass is 32.2. The smallest absolute Gasteiger partial charge is 0.268 e. The lowest BCUT2D eigenvalue weighted by Gasteiger charge is -2.10. The normalized spacial score (nSPS) is 14.5. The van der Waals surface area contributed by atoms with Crippen molar-refractivity contribution in [3.8, 4) is 22.2 Å². The van der Waals surface area contributed by atoms with Crippen LogP contribution >= 0.6 is 11.3 Å². The maximum absolute atomic E-state index is 11.5. The van der Waals surface area contributed by atoms with Gasteiger partial charge in [-0.15, -0.1) is 11.3 Å². The number of sulfone groups is 1. The minimum absolute atomic E-state index is 0.265. The molecule has 1 aliphatic rings. The van der Waals surface area contributed by atoms with Crippen molar-refractivity contribution in [2.45, 2.75) is 17.9 Å². The first-order valence-corrected chi connectivity index (χ1v) is 10.1. The van der Waals surface area contributed by atoms with Crippen molar-refractivity contribution in [2.75, 3.05) is 12.9 Å². The van der Waals surface area contributed by atoms with Gasteiger partial charge >= 0.3 is 0 Å². The first-order valence-electron chi connectivity index (χ1n) is 7.34. The third-order valence-electron chi connectivity index (χ3n) is 3.81. The summed E-state index contributed by atoms with van der Waals surface area (Å²) in [5.41, 5.74) is 1.89. The summed E-state index contributed by atoms with van der Waals surface area (Å²) < 4.78 is 33.8. The molecule has 1 aliphatic heterocycles. The molecule has 0 saturated heterocycles. The van der Waals surface area contributed by atoms with Crippen LogP contribution in [0.4, 0.5) is 0 Å². The average molecular weight is 362 g/mol. The van der Waals surface area contributed by atoms with Crippen molar-refractivity contribution in [1.29, 1.82) is 0 Å². The number of nitrogens with zero attached hydrogens (tertiary/aromatic N) is 2. The Morgan fingerprint density at radius 1 is 1.21 bits per heavy atom. The molecular weight excluding hydrogens is 348 g/mol. The first-order chi connectivity index (χ1) is 11.5. The van der Waals surface area contributed by atoms with Crippen LogP contribution in [0.15, 0.2) is 39.8 Å². The Kier molecular flexibility index (Phi) is 3.75. The number of hydrogen-bond acceptors (Lipinski definition) is 7. The van der Waals surface area contributed by atoms with E-state index in [9.17, 15) is 8.42 Å². The zero-order chi connectivity index (χ0) is 16.7. The lowest BCUT2D eigenvalue weighted by Crippen LogP contribution is -2.05. The Bertz CT molecular complexity index is 964. The van der Waals surface area contributed by atoms with Gasteiger partial charge in [0, 0.05) is 23.1 Å². The second-order valence-corrected chi connectivity index (χ2v) is 8.73. The molecule has 3 aromatic rings. The Balaban J connectivity index is 1.64. The second kappa shape index (κ2) is 5.80. The highest BCUT2D eigenvalue weighted by molar-refractivity contribution is 7.90. The van der Waals surface area contributed by atoms with Gasteiger partial charge in [0.15, 0.2) is 9.84 Å². The fourth-order valence-electron chi connectivity index (χ4n) is 2.54. The Hall–Kier alpha value is -2.03. The van der Waals surface area contributed by atoms with Crippen LogP contribution in [0, 0.1) is 0 Å². The predicted molar refractivity (Wildman–Crippen MR) is 89.5 cm³/mol. The molecule has 0 N–H and O–H groups in total. The van der Waals surface area contributed by atoms with Crippen molar-refractivity contribution in [2.24, 2.45) is 0 Å². The van der Waals surface area contributed by atoms with Crippen LogP contribution in [0.2, 0.25) is 0 Å². The van der Waals surface area contributed by atoms with E-state index in [4.69, 9.17) is 9.26 Å². The van der Waals surface area contributed by atoms with Crippen molar-refractivity contribution in [3.05, 3.63) is 40.8 Å². The van der Waals surface area contributed by atoms with E-state index in [2.05, 4.69) is 10.1 Å². The summed E-state index contributed by atoms with van der Waals surface area (Å²) in [6, 6.07) is 8.48. The van der Waals surface area contributed by atoms with Gasteiger partial charge in [0.2, 0.25) is 5.82 Å². The summed E-state index contributed by atoms with van der Waals surface area (Å²) in [6.07, 6.45) is 2.09. The van der Waals surface area contributed by atoms with Gasteiger partial charge in [0.1, 0.15) is 0 Å². The molecule has 0 fully saturated rings. The molecule has 0 unspecified atom stereocenters. The number of aromatic nitrogens is 2. The third-order valence-corrected chi connectivity index (χ3v) is 6.16. The van der Waals surface area contributed by atoms with E-state index in [1.807, 2.05) is 6.07 Å². The van der Waals surface area contributed by atoms with Crippen molar-refractivity contribution < 1.29 is 17.7 Å². The van der Waals surface area contributed by atoms with E-state index in [0.29, 0.717) is 23.9 Å². The van der Waals surface area contributed by atoms with Gasteiger partial charge in [-0.1, -0.05) is 5.16 Å². The fourth-order valence-corrected chi connectivity index (χ4v) is 4.25. The number of thiophene rings is 1. The van der Waals surface area contributed by atoms with Crippen molar-refractivity contribution >= 4 is 21.2 Å². The molecule has 0 bridgehead atoms. The van der Waals surface area contributed by atoms with Crippen LogP contribution < -0.4 is 0 Å². The fraction of sp³-hybridized carbons (Fsp3) is 0.250. The summed E-state index contributed by atoms with van der Waals surface area (Å²) >= 11 is 1.65. The summed E-state index contributed by atoms with van der Waals surface area (Å²) in [5, 5.41) is 4.00. The summed E-state index contributed by atoms with van der Waals surface area (Å²) in [7, 11) is -3.22. The maximum atomic E-state index is 11.5. The SMILES string of the molecule is CS(=O)(=O)c1ccc(-c2noc(-c3cc4c(s3)CCOC4)n2)cc1. The number of hydrogen-bond donors (Lipinski definition) is 0. The van der Waals surface area contributed by atoms with E-state index < -0.39 is 9.84 Å². The van der Waals surface area contributed by atoms with E-state index >= 15 is 0 Å². The zero-order valence-electron chi connectivity index (χ0n) is 12.9. The molecule has 0 atom stereocenters. The summed E-state index contributed by atoms with van der Waals surface area (Å²) in [6.45, 7) is 1.37. The molecule has 0 saturated carbocycles. The monoisotopic (exact) mass is 362 g/mol. The lowest BCUT2D eigenvalue weighted by molar-refractivity contribution is 0.112. The number of fused-ring (bicyclic) bond motifs is 1. The number of rotatable bonds is 3. The number of ether oxygens (including phenoxy) is 1. The highest BCUT2D eigenvalue weighted by Crippen LogP contribution is 2.34. The van der Waals surface area contributed by atoms with Gasteiger partial charge in [0.25, 0.3) is 5.89 Å². The van der Waals surface area contributed by atoms with Crippen LogP contribution in [0.25, 0.3) is 22.2 Å². The molecule has 6 nitrogen and oxygen atoms in total. The van der Waals surface area contributed by atoms with Crippen LogP contribution in [-0.4, -0.2) is 31.4 Å². The molecule has 2 aromatic heterocycles. The molecule has 1 aromatic carbocycles. The molecule has 3 heterocycles. The molecule has 8 heteroatoms. The van der Waals surface area contributed by atoms with Crippen LogP contribution in [0.1, 0.15) is 10.4 Å². The van der Waals surface area contributed by atoms with Gasteiger partial charge < -0.3 is 9.26 Å². The van der Waals surface area contributed by atoms with Gasteiger partial charge in [-0.05, 0) is 35.9 Å². The summed E-state index contributed by atoms with van der Waals surface area (Å²) in [5.74, 6) is 0.907. The Morgan fingerprint density at radius 2 is 2.00 bits per heavy atom. The van der Waals surface area contributed by atoms with Crippen LogP contribution in [0.3, 0.4) is 0 Å². The topological polar surface area (TPSA) is 82.3 Å². The van der Waals surface area contributed by atoms with Gasteiger partial charge in [-0.3, -0.25) is 0 Å². The van der Waals surface area contributed by atoms with Crippen LogP contribution in [-0.2, 0) is 27.6 Å². The molecule has 0 radical (unpaired) electrons. The first kappa shape index (κ1) is 15.5. The van der Waals surface area contributed by atoms with Crippen LogP contribution in [0.5, 0.6) is 0 Å². The molecule has 0 aliphatic carbocycles. The molecular formula is C16H14N2O4S2. The third kappa shape index (κ3) is 2.88. The van der Waals surface area contributed by atoms with Crippen molar-refractivity contribution in [3.63, 3.8) is 0 Å². The molecule has 124 valence electrons.